The first-order valence-electron chi connectivity index (χ1n) is 5.65. The van der Waals surface area contributed by atoms with Crippen molar-refractivity contribution in [1.29, 1.82) is 0 Å². The maximum atomic E-state index is 11.6. The Kier molecular flexibility index (Phi) is 5.65. The quantitative estimate of drug-likeness (QED) is 0.851. The van der Waals surface area contributed by atoms with E-state index in [9.17, 15) is 4.79 Å². The number of carbonyl (C=O) groups is 1. The molecule has 0 radical (unpaired) electrons. The van der Waals surface area contributed by atoms with Gasteiger partial charge in [0.05, 0.1) is 0 Å². The van der Waals surface area contributed by atoms with Gasteiger partial charge in [-0.3, -0.25) is 4.79 Å². The molecule has 0 aliphatic carbocycles. The van der Waals surface area contributed by atoms with E-state index >= 15 is 0 Å². The first-order chi connectivity index (χ1) is 7.99. The van der Waals surface area contributed by atoms with Gasteiger partial charge in [-0.1, -0.05) is 41.9 Å². The van der Waals surface area contributed by atoms with Crippen LogP contribution in [0.5, 0.6) is 0 Å². The maximum Gasteiger partial charge on any atom is 0.323 e. The van der Waals surface area contributed by atoms with E-state index in [0.717, 1.165) is 10.0 Å². The zero-order chi connectivity index (χ0) is 12.8. The second kappa shape index (κ2) is 6.77. The van der Waals surface area contributed by atoms with Gasteiger partial charge in [0.15, 0.2) is 0 Å². The van der Waals surface area contributed by atoms with Crippen LogP contribution >= 0.6 is 15.9 Å². The smallest absolute Gasteiger partial charge is 0.323 e. The molecule has 0 heterocycles. The van der Waals surface area contributed by atoms with E-state index in [1.54, 1.807) is 0 Å². The van der Waals surface area contributed by atoms with E-state index < -0.39 is 6.04 Å². The molecule has 1 aromatic rings. The van der Waals surface area contributed by atoms with Crippen LogP contribution in [0.3, 0.4) is 0 Å². The molecule has 17 heavy (non-hydrogen) atoms. The Morgan fingerprint density at radius 3 is 2.76 bits per heavy atom. The molecule has 1 atom stereocenters. The molecule has 0 saturated heterocycles. The van der Waals surface area contributed by atoms with Crippen molar-refractivity contribution in [3.63, 3.8) is 0 Å². The first-order valence-corrected chi connectivity index (χ1v) is 6.45. The minimum atomic E-state index is -0.526. The van der Waals surface area contributed by atoms with Gasteiger partial charge in [-0.25, -0.2) is 0 Å². The Hall–Kier alpha value is -0.870. The number of hydrogen-bond acceptors (Lipinski definition) is 3. The van der Waals surface area contributed by atoms with Crippen molar-refractivity contribution < 1.29 is 9.53 Å². The number of hydrogen-bond donors (Lipinski definition) is 1. The molecule has 1 rings (SSSR count). The third-order valence-corrected chi connectivity index (χ3v) is 2.79. The molecule has 0 aromatic heterocycles. The van der Waals surface area contributed by atoms with E-state index in [1.165, 1.54) is 0 Å². The molecule has 4 heteroatoms. The van der Waals surface area contributed by atoms with E-state index in [1.807, 2.05) is 38.1 Å². The molecule has 3 nitrogen and oxygen atoms in total. The molecular formula is C13H18BrNO2. The van der Waals surface area contributed by atoms with Crippen LogP contribution < -0.4 is 5.73 Å². The van der Waals surface area contributed by atoms with E-state index in [0.29, 0.717) is 12.3 Å². The summed E-state index contributed by atoms with van der Waals surface area (Å²) in [5.41, 5.74) is 6.68. The number of ether oxygens (including phenoxy) is 1. The number of carbonyl (C=O) groups excluding carboxylic acids is 1. The Labute approximate surface area is 110 Å². The standard InChI is InChI=1S/C13H18BrNO2/c1-9(2)6-12(15)13(16)17-8-10-4-3-5-11(14)7-10/h3-5,7,9,12H,6,8,15H2,1-2H3. The van der Waals surface area contributed by atoms with Crippen molar-refractivity contribution in [2.75, 3.05) is 0 Å². The number of rotatable bonds is 5. The van der Waals surface area contributed by atoms with E-state index in [4.69, 9.17) is 10.5 Å². The van der Waals surface area contributed by atoms with Crippen molar-refractivity contribution >= 4 is 21.9 Å². The zero-order valence-electron chi connectivity index (χ0n) is 10.2. The second-order valence-electron chi connectivity index (χ2n) is 4.47. The van der Waals surface area contributed by atoms with Crippen molar-refractivity contribution in [3.05, 3.63) is 34.3 Å². The average molecular weight is 300 g/mol. The molecule has 0 aliphatic rings. The molecule has 0 fully saturated rings. The summed E-state index contributed by atoms with van der Waals surface area (Å²) in [5, 5.41) is 0. The largest absolute Gasteiger partial charge is 0.460 e. The van der Waals surface area contributed by atoms with Crippen molar-refractivity contribution in [2.45, 2.75) is 32.9 Å². The van der Waals surface area contributed by atoms with Crippen LogP contribution in [0.2, 0.25) is 0 Å². The van der Waals surface area contributed by atoms with Gasteiger partial charge in [0.1, 0.15) is 12.6 Å². The normalized spacial score (nSPS) is 12.5. The fourth-order valence-corrected chi connectivity index (χ4v) is 1.94. The predicted octanol–water partition coefficient (Wildman–Crippen LogP) is 2.87. The zero-order valence-corrected chi connectivity index (χ0v) is 11.7. The summed E-state index contributed by atoms with van der Waals surface area (Å²) in [6.07, 6.45) is 0.650. The van der Waals surface area contributed by atoms with Gasteiger partial charge in [0.2, 0.25) is 0 Å². The molecule has 0 bridgehead atoms. The third-order valence-electron chi connectivity index (χ3n) is 2.30. The molecule has 1 unspecified atom stereocenters. The molecule has 0 amide bonds. The Morgan fingerprint density at radius 2 is 2.18 bits per heavy atom. The molecule has 0 spiro atoms. The average Bonchev–Trinajstić information content (AvgIpc) is 2.25. The van der Waals surface area contributed by atoms with Gasteiger partial charge in [0, 0.05) is 4.47 Å². The van der Waals surface area contributed by atoms with E-state index in [2.05, 4.69) is 15.9 Å². The van der Waals surface area contributed by atoms with Gasteiger partial charge in [-0.15, -0.1) is 0 Å². The highest BCUT2D eigenvalue weighted by Crippen LogP contribution is 2.13. The lowest BCUT2D eigenvalue weighted by molar-refractivity contribution is -0.146. The monoisotopic (exact) mass is 299 g/mol. The predicted molar refractivity (Wildman–Crippen MR) is 71.4 cm³/mol. The van der Waals surface area contributed by atoms with Crippen LogP contribution in [0.1, 0.15) is 25.8 Å². The van der Waals surface area contributed by atoms with Crippen molar-refractivity contribution in [3.8, 4) is 0 Å². The molecule has 0 aliphatic heterocycles. The Morgan fingerprint density at radius 1 is 1.47 bits per heavy atom. The number of esters is 1. The summed E-state index contributed by atoms with van der Waals surface area (Å²) < 4.78 is 6.13. The molecule has 0 saturated carbocycles. The van der Waals surface area contributed by atoms with Crippen LogP contribution in [0.15, 0.2) is 28.7 Å². The number of halogens is 1. The molecule has 2 N–H and O–H groups in total. The Bertz CT molecular complexity index is 379. The SMILES string of the molecule is CC(C)CC(N)C(=O)OCc1cccc(Br)c1. The summed E-state index contributed by atoms with van der Waals surface area (Å²) in [4.78, 5) is 11.6. The summed E-state index contributed by atoms with van der Waals surface area (Å²) in [6.45, 7) is 4.33. The van der Waals surface area contributed by atoms with Crippen LogP contribution in [-0.4, -0.2) is 12.0 Å². The summed E-state index contributed by atoms with van der Waals surface area (Å²) in [6, 6.07) is 7.13. The highest BCUT2D eigenvalue weighted by molar-refractivity contribution is 9.10. The van der Waals surface area contributed by atoms with Gasteiger partial charge in [0.25, 0.3) is 0 Å². The lowest BCUT2D eigenvalue weighted by Crippen LogP contribution is -2.33. The van der Waals surface area contributed by atoms with Gasteiger partial charge in [-0.05, 0) is 30.0 Å². The topological polar surface area (TPSA) is 52.3 Å². The number of nitrogens with two attached hydrogens (primary N) is 1. The lowest BCUT2D eigenvalue weighted by Gasteiger charge is -2.13. The van der Waals surface area contributed by atoms with Gasteiger partial charge < -0.3 is 10.5 Å². The lowest BCUT2D eigenvalue weighted by atomic mass is 10.1. The van der Waals surface area contributed by atoms with Crippen LogP contribution in [0.4, 0.5) is 0 Å². The molecule has 1 aromatic carbocycles. The van der Waals surface area contributed by atoms with Crippen LogP contribution in [-0.2, 0) is 16.1 Å². The summed E-state index contributed by atoms with van der Waals surface area (Å²) in [5.74, 6) is 0.0575. The highest BCUT2D eigenvalue weighted by Gasteiger charge is 2.16. The fourth-order valence-electron chi connectivity index (χ4n) is 1.49. The summed E-state index contributed by atoms with van der Waals surface area (Å²) >= 11 is 3.37. The first kappa shape index (κ1) is 14.2. The van der Waals surface area contributed by atoms with E-state index in [-0.39, 0.29) is 12.6 Å². The third kappa shape index (κ3) is 5.33. The van der Waals surface area contributed by atoms with Crippen molar-refractivity contribution in [2.24, 2.45) is 11.7 Å². The Balaban J connectivity index is 2.43. The summed E-state index contributed by atoms with van der Waals surface area (Å²) in [7, 11) is 0. The molecular weight excluding hydrogens is 282 g/mol. The minimum Gasteiger partial charge on any atom is -0.460 e. The van der Waals surface area contributed by atoms with Crippen LogP contribution in [0, 0.1) is 5.92 Å². The number of benzene rings is 1. The van der Waals surface area contributed by atoms with Gasteiger partial charge >= 0.3 is 5.97 Å². The fraction of sp³-hybridized carbons (Fsp3) is 0.462. The van der Waals surface area contributed by atoms with Crippen LogP contribution in [0.25, 0.3) is 0 Å². The molecule has 94 valence electrons. The second-order valence-corrected chi connectivity index (χ2v) is 5.39. The highest BCUT2D eigenvalue weighted by atomic mass is 79.9. The van der Waals surface area contributed by atoms with Crippen molar-refractivity contribution in [1.82, 2.24) is 0 Å². The van der Waals surface area contributed by atoms with Gasteiger partial charge in [-0.2, -0.15) is 0 Å². The maximum absolute atomic E-state index is 11.6. The minimum absolute atomic E-state index is 0.268.